The standard InChI is InChI=1S/C15H19N7O/c1-20-13(16-10-17-20)9-21-5-7-22(8-6-21)12-4-2-3-11-14(12)19-15(23)18-11/h2-4,10H,5-9H2,1H3,(H2,18,19,23). The Morgan fingerprint density at radius 2 is 2.00 bits per heavy atom. The zero-order valence-electron chi connectivity index (χ0n) is 13.0. The van der Waals surface area contributed by atoms with E-state index in [0.717, 1.165) is 55.3 Å². The number of imidazole rings is 1. The molecule has 120 valence electrons. The van der Waals surface area contributed by atoms with Crippen molar-refractivity contribution in [3.8, 4) is 0 Å². The molecule has 4 rings (SSSR count). The maximum Gasteiger partial charge on any atom is 0.323 e. The van der Waals surface area contributed by atoms with Gasteiger partial charge in [0.2, 0.25) is 0 Å². The van der Waals surface area contributed by atoms with Crippen molar-refractivity contribution in [2.45, 2.75) is 6.54 Å². The fourth-order valence-electron chi connectivity index (χ4n) is 3.12. The summed E-state index contributed by atoms with van der Waals surface area (Å²) in [6, 6.07) is 5.96. The van der Waals surface area contributed by atoms with Crippen LogP contribution in [-0.4, -0.2) is 55.8 Å². The van der Waals surface area contributed by atoms with E-state index in [-0.39, 0.29) is 5.69 Å². The van der Waals surface area contributed by atoms with E-state index >= 15 is 0 Å². The van der Waals surface area contributed by atoms with Crippen LogP contribution in [-0.2, 0) is 13.6 Å². The van der Waals surface area contributed by atoms with Gasteiger partial charge in [0, 0.05) is 33.2 Å². The number of hydrogen-bond acceptors (Lipinski definition) is 5. The molecular weight excluding hydrogens is 294 g/mol. The number of para-hydroxylation sites is 1. The van der Waals surface area contributed by atoms with Gasteiger partial charge >= 0.3 is 5.69 Å². The first-order valence-electron chi connectivity index (χ1n) is 7.72. The molecule has 3 aromatic rings. The lowest BCUT2D eigenvalue weighted by Gasteiger charge is -2.35. The Morgan fingerprint density at radius 3 is 2.74 bits per heavy atom. The Balaban J connectivity index is 1.48. The third kappa shape index (κ3) is 2.61. The molecule has 1 aliphatic rings. The number of anilines is 1. The van der Waals surface area contributed by atoms with Crippen molar-refractivity contribution in [1.82, 2.24) is 29.6 Å². The molecule has 1 fully saturated rings. The molecule has 8 nitrogen and oxygen atoms in total. The van der Waals surface area contributed by atoms with E-state index < -0.39 is 0 Å². The van der Waals surface area contributed by atoms with Crippen LogP contribution in [0.4, 0.5) is 5.69 Å². The summed E-state index contributed by atoms with van der Waals surface area (Å²) in [6.45, 7) is 4.57. The largest absolute Gasteiger partial charge is 0.367 e. The highest BCUT2D eigenvalue weighted by Gasteiger charge is 2.20. The molecule has 0 amide bonds. The summed E-state index contributed by atoms with van der Waals surface area (Å²) in [6.07, 6.45) is 1.59. The minimum Gasteiger partial charge on any atom is -0.367 e. The maximum atomic E-state index is 11.5. The number of aromatic nitrogens is 5. The monoisotopic (exact) mass is 313 g/mol. The molecule has 0 spiro atoms. The van der Waals surface area contributed by atoms with Crippen molar-refractivity contribution < 1.29 is 0 Å². The molecule has 2 N–H and O–H groups in total. The smallest absolute Gasteiger partial charge is 0.323 e. The minimum atomic E-state index is -0.159. The van der Waals surface area contributed by atoms with E-state index in [4.69, 9.17) is 0 Å². The van der Waals surface area contributed by atoms with Crippen molar-refractivity contribution in [3.63, 3.8) is 0 Å². The number of fused-ring (bicyclic) bond motifs is 1. The van der Waals surface area contributed by atoms with E-state index in [1.807, 2.05) is 23.9 Å². The fraction of sp³-hybridized carbons (Fsp3) is 0.400. The van der Waals surface area contributed by atoms with E-state index in [1.165, 1.54) is 0 Å². The van der Waals surface area contributed by atoms with E-state index in [2.05, 4.69) is 35.9 Å². The molecule has 0 radical (unpaired) electrons. The molecule has 0 atom stereocenters. The second-order valence-electron chi connectivity index (χ2n) is 5.84. The van der Waals surface area contributed by atoms with Crippen molar-refractivity contribution in [2.75, 3.05) is 31.1 Å². The van der Waals surface area contributed by atoms with E-state index in [0.29, 0.717) is 0 Å². The van der Waals surface area contributed by atoms with Gasteiger partial charge in [0.25, 0.3) is 0 Å². The molecule has 0 saturated carbocycles. The molecular formula is C15H19N7O. The Morgan fingerprint density at radius 1 is 1.17 bits per heavy atom. The molecule has 23 heavy (non-hydrogen) atoms. The zero-order valence-corrected chi connectivity index (χ0v) is 13.0. The number of piperazine rings is 1. The van der Waals surface area contributed by atoms with Gasteiger partial charge in [-0.05, 0) is 12.1 Å². The number of aryl methyl sites for hydroxylation is 1. The van der Waals surface area contributed by atoms with Crippen LogP contribution in [0.3, 0.4) is 0 Å². The third-order valence-corrected chi connectivity index (χ3v) is 4.41. The number of rotatable bonds is 3. The van der Waals surface area contributed by atoms with E-state index in [1.54, 1.807) is 6.33 Å². The number of H-pyrrole nitrogens is 2. The molecule has 0 bridgehead atoms. The van der Waals surface area contributed by atoms with Gasteiger partial charge in [0.1, 0.15) is 12.2 Å². The molecule has 1 saturated heterocycles. The molecule has 0 aliphatic carbocycles. The average Bonchev–Trinajstić information content (AvgIpc) is 3.13. The van der Waals surface area contributed by atoms with Crippen LogP contribution in [0.15, 0.2) is 29.3 Å². The third-order valence-electron chi connectivity index (χ3n) is 4.41. The van der Waals surface area contributed by atoms with Crippen LogP contribution in [0.2, 0.25) is 0 Å². The van der Waals surface area contributed by atoms with Gasteiger partial charge in [0.05, 0.1) is 23.3 Å². The summed E-state index contributed by atoms with van der Waals surface area (Å²) < 4.78 is 1.82. The van der Waals surface area contributed by atoms with Crippen LogP contribution >= 0.6 is 0 Å². The number of benzene rings is 1. The normalized spacial score (nSPS) is 16.3. The summed E-state index contributed by atoms with van der Waals surface area (Å²) >= 11 is 0. The SMILES string of the molecule is Cn1ncnc1CN1CCN(c2cccc3[nH]c(=O)[nH]c23)CC1. The van der Waals surface area contributed by atoms with E-state index in [9.17, 15) is 4.79 Å². The number of hydrogen-bond donors (Lipinski definition) is 2. The molecule has 2 aromatic heterocycles. The molecule has 1 aromatic carbocycles. The highest BCUT2D eigenvalue weighted by atomic mass is 16.1. The molecule has 1 aliphatic heterocycles. The van der Waals surface area contributed by atoms with Gasteiger partial charge in [-0.25, -0.2) is 9.78 Å². The van der Waals surface area contributed by atoms with Crippen molar-refractivity contribution in [3.05, 3.63) is 40.8 Å². The Bertz CT molecular complexity index is 869. The summed E-state index contributed by atoms with van der Waals surface area (Å²) in [5, 5.41) is 4.11. The Kier molecular flexibility index (Phi) is 3.38. The summed E-state index contributed by atoms with van der Waals surface area (Å²) in [5.74, 6) is 0.982. The maximum absolute atomic E-state index is 11.5. The fourth-order valence-corrected chi connectivity index (χ4v) is 3.12. The van der Waals surface area contributed by atoms with Crippen LogP contribution in [0, 0.1) is 0 Å². The van der Waals surface area contributed by atoms with Gasteiger partial charge in [-0.2, -0.15) is 5.10 Å². The Hall–Kier alpha value is -2.61. The first-order chi connectivity index (χ1) is 11.2. The lowest BCUT2D eigenvalue weighted by Crippen LogP contribution is -2.46. The lowest BCUT2D eigenvalue weighted by atomic mass is 10.2. The minimum absolute atomic E-state index is 0.159. The van der Waals surface area contributed by atoms with Gasteiger partial charge in [-0.3, -0.25) is 9.58 Å². The first kappa shape index (κ1) is 14.0. The van der Waals surface area contributed by atoms with Gasteiger partial charge in [-0.15, -0.1) is 0 Å². The van der Waals surface area contributed by atoms with Crippen molar-refractivity contribution >= 4 is 16.7 Å². The van der Waals surface area contributed by atoms with Crippen LogP contribution in [0.1, 0.15) is 5.82 Å². The highest BCUT2D eigenvalue weighted by Crippen LogP contribution is 2.24. The summed E-state index contributed by atoms with van der Waals surface area (Å²) in [5.41, 5.74) is 2.67. The summed E-state index contributed by atoms with van der Waals surface area (Å²) in [7, 11) is 1.92. The predicted octanol–water partition coefficient (Wildman–Crippen LogP) is 0.307. The highest BCUT2D eigenvalue weighted by molar-refractivity contribution is 5.88. The average molecular weight is 313 g/mol. The van der Waals surface area contributed by atoms with Gasteiger partial charge in [-0.1, -0.05) is 6.07 Å². The van der Waals surface area contributed by atoms with Crippen molar-refractivity contribution in [1.29, 1.82) is 0 Å². The van der Waals surface area contributed by atoms with Gasteiger partial charge in [0.15, 0.2) is 0 Å². The second kappa shape index (κ2) is 5.54. The number of nitrogens with one attached hydrogen (secondary N) is 2. The number of nitrogens with zero attached hydrogens (tertiary/aromatic N) is 5. The van der Waals surface area contributed by atoms with Crippen LogP contribution in [0.5, 0.6) is 0 Å². The van der Waals surface area contributed by atoms with Gasteiger partial charge < -0.3 is 14.9 Å². The quantitative estimate of drug-likeness (QED) is 0.727. The van der Waals surface area contributed by atoms with Crippen LogP contribution < -0.4 is 10.6 Å². The lowest BCUT2D eigenvalue weighted by molar-refractivity contribution is 0.241. The Labute approximate surface area is 132 Å². The zero-order chi connectivity index (χ0) is 15.8. The second-order valence-corrected chi connectivity index (χ2v) is 5.84. The molecule has 8 heteroatoms. The number of aromatic amines is 2. The molecule has 3 heterocycles. The summed E-state index contributed by atoms with van der Waals surface area (Å²) in [4.78, 5) is 26.2. The predicted molar refractivity (Wildman–Crippen MR) is 87.4 cm³/mol. The first-order valence-corrected chi connectivity index (χ1v) is 7.72. The van der Waals surface area contributed by atoms with Crippen molar-refractivity contribution in [2.24, 2.45) is 7.05 Å². The van der Waals surface area contributed by atoms with Crippen LogP contribution in [0.25, 0.3) is 11.0 Å². The topological polar surface area (TPSA) is 85.8 Å². The molecule has 0 unspecified atom stereocenters.